The van der Waals surface area contributed by atoms with Crippen LogP contribution in [0.5, 0.6) is 0 Å². The van der Waals surface area contributed by atoms with Crippen LogP contribution < -0.4 is 5.32 Å². The molecule has 0 radical (unpaired) electrons. The number of likely N-dealkylation sites (tertiary alicyclic amines) is 1. The number of benzene rings is 1. The molecular weight excluding hydrogens is 288 g/mol. The molecule has 0 spiro atoms. The fourth-order valence-electron chi connectivity index (χ4n) is 3.05. The molecule has 0 aliphatic carbocycles. The largest absolute Gasteiger partial charge is 0.355 e. The second-order valence-corrected chi connectivity index (χ2v) is 6.83. The van der Waals surface area contributed by atoms with E-state index < -0.39 is 0 Å². The maximum Gasteiger partial charge on any atom is 0.225 e. The molecule has 2 rings (SSSR count). The highest BCUT2D eigenvalue weighted by Crippen LogP contribution is 2.19. The van der Waals surface area contributed by atoms with Gasteiger partial charge in [-0.05, 0) is 24.3 Å². The Morgan fingerprint density at radius 3 is 2.57 bits per heavy atom. The molecule has 1 aromatic rings. The van der Waals surface area contributed by atoms with Crippen LogP contribution in [0.4, 0.5) is 0 Å². The van der Waals surface area contributed by atoms with Crippen LogP contribution in [-0.2, 0) is 9.59 Å². The first-order valence-corrected chi connectivity index (χ1v) is 8.60. The van der Waals surface area contributed by atoms with Crippen LogP contribution in [0.15, 0.2) is 30.3 Å². The highest BCUT2D eigenvalue weighted by atomic mass is 16.2. The van der Waals surface area contributed by atoms with Gasteiger partial charge in [0.2, 0.25) is 11.8 Å². The Morgan fingerprint density at radius 2 is 1.91 bits per heavy atom. The van der Waals surface area contributed by atoms with E-state index in [0.29, 0.717) is 13.1 Å². The summed E-state index contributed by atoms with van der Waals surface area (Å²) in [6.07, 6.45) is 1.78. The second kappa shape index (κ2) is 8.14. The quantitative estimate of drug-likeness (QED) is 0.908. The molecule has 1 saturated heterocycles. The molecule has 2 amide bonds. The topological polar surface area (TPSA) is 49.4 Å². The molecule has 1 N–H and O–H groups in total. The number of amides is 2. The molecule has 1 aromatic carbocycles. The molecule has 1 fully saturated rings. The van der Waals surface area contributed by atoms with E-state index in [-0.39, 0.29) is 29.6 Å². The van der Waals surface area contributed by atoms with Gasteiger partial charge in [-0.1, -0.05) is 51.1 Å². The minimum absolute atomic E-state index is 0.00471. The van der Waals surface area contributed by atoms with Gasteiger partial charge in [0.25, 0.3) is 0 Å². The van der Waals surface area contributed by atoms with Crippen molar-refractivity contribution < 1.29 is 9.59 Å². The van der Waals surface area contributed by atoms with Crippen LogP contribution in [0.2, 0.25) is 0 Å². The van der Waals surface area contributed by atoms with E-state index in [0.717, 1.165) is 19.4 Å². The summed E-state index contributed by atoms with van der Waals surface area (Å²) < 4.78 is 0. The maximum atomic E-state index is 12.4. The zero-order chi connectivity index (χ0) is 16.8. The summed E-state index contributed by atoms with van der Waals surface area (Å²) in [6.45, 7) is 7.91. The van der Waals surface area contributed by atoms with Crippen LogP contribution in [0.25, 0.3) is 0 Å². The minimum Gasteiger partial charge on any atom is -0.355 e. The lowest BCUT2D eigenvalue weighted by atomic mass is 9.95. The van der Waals surface area contributed by atoms with Crippen LogP contribution >= 0.6 is 0 Å². The number of rotatable bonds is 5. The van der Waals surface area contributed by atoms with Gasteiger partial charge in [0.1, 0.15) is 0 Å². The molecule has 0 saturated carbocycles. The highest BCUT2D eigenvalue weighted by Gasteiger charge is 2.29. The van der Waals surface area contributed by atoms with Gasteiger partial charge in [0.15, 0.2) is 0 Å². The molecule has 1 aliphatic heterocycles. The van der Waals surface area contributed by atoms with E-state index in [9.17, 15) is 9.59 Å². The summed E-state index contributed by atoms with van der Waals surface area (Å²) in [5, 5.41) is 3.06. The molecular formula is C19H28N2O2. The summed E-state index contributed by atoms with van der Waals surface area (Å²) in [5.74, 6) is 0.440. The van der Waals surface area contributed by atoms with Crippen molar-refractivity contribution in [3.63, 3.8) is 0 Å². The third-order valence-electron chi connectivity index (χ3n) is 4.55. The molecule has 2 unspecified atom stereocenters. The normalized spacial score (nSPS) is 19.5. The average Bonchev–Trinajstić information content (AvgIpc) is 2.59. The molecule has 1 aliphatic rings. The van der Waals surface area contributed by atoms with Gasteiger partial charge in [-0.25, -0.2) is 0 Å². The van der Waals surface area contributed by atoms with Gasteiger partial charge >= 0.3 is 0 Å². The van der Waals surface area contributed by atoms with Crippen LogP contribution in [0.3, 0.4) is 0 Å². The number of carbonyl (C=O) groups is 2. The van der Waals surface area contributed by atoms with E-state index in [1.54, 1.807) is 0 Å². The van der Waals surface area contributed by atoms with Gasteiger partial charge in [-0.15, -0.1) is 0 Å². The summed E-state index contributed by atoms with van der Waals surface area (Å²) in [7, 11) is 0. The number of piperidine rings is 1. The van der Waals surface area contributed by atoms with Crippen molar-refractivity contribution in [2.75, 3.05) is 19.6 Å². The highest BCUT2D eigenvalue weighted by molar-refractivity contribution is 5.82. The standard InChI is InChI=1S/C19H28N2O2/c1-14(2)19(23)21-11-7-10-17(13-21)18(22)20-12-15(3)16-8-5-4-6-9-16/h4-6,8-9,14-15,17H,7,10-13H2,1-3H3,(H,20,22). The van der Waals surface area contributed by atoms with Crippen LogP contribution in [0, 0.1) is 11.8 Å². The third kappa shape index (κ3) is 4.81. The predicted octanol–water partition coefficient (Wildman–Crippen LogP) is 2.80. The smallest absolute Gasteiger partial charge is 0.225 e. The van der Waals surface area contributed by atoms with Crippen molar-refractivity contribution in [3.8, 4) is 0 Å². The number of hydrogen-bond donors (Lipinski definition) is 1. The lowest BCUT2D eigenvalue weighted by Gasteiger charge is -2.33. The molecule has 0 bridgehead atoms. The molecule has 4 heteroatoms. The Kier molecular flexibility index (Phi) is 6.20. The predicted molar refractivity (Wildman–Crippen MR) is 92.0 cm³/mol. The zero-order valence-electron chi connectivity index (χ0n) is 14.4. The number of hydrogen-bond acceptors (Lipinski definition) is 2. The van der Waals surface area contributed by atoms with Crippen molar-refractivity contribution in [2.45, 2.75) is 39.5 Å². The molecule has 0 aromatic heterocycles. The Hall–Kier alpha value is -1.84. The van der Waals surface area contributed by atoms with Crippen LogP contribution in [0.1, 0.15) is 45.1 Å². The van der Waals surface area contributed by atoms with E-state index in [2.05, 4.69) is 24.4 Å². The van der Waals surface area contributed by atoms with Gasteiger partial charge in [0.05, 0.1) is 5.92 Å². The molecule has 1 heterocycles. The lowest BCUT2D eigenvalue weighted by Crippen LogP contribution is -2.47. The van der Waals surface area contributed by atoms with Crippen LogP contribution in [-0.4, -0.2) is 36.3 Å². The number of carbonyl (C=O) groups excluding carboxylic acids is 2. The Labute approximate surface area is 139 Å². The second-order valence-electron chi connectivity index (χ2n) is 6.83. The first kappa shape index (κ1) is 17.5. The van der Waals surface area contributed by atoms with Crippen molar-refractivity contribution in [2.24, 2.45) is 11.8 Å². The van der Waals surface area contributed by atoms with E-state index >= 15 is 0 Å². The van der Waals surface area contributed by atoms with Gasteiger partial charge < -0.3 is 10.2 Å². The van der Waals surface area contributed by atoms with Gasteiger partial charge in [-0.2, -0.15) is 0 Å². The Balaban J connectivity index is 1.84. The number of nitrogens with one attached hydrogen (secondary N) is 1. The Morgan fingerprint density at radius 1 is 1.22 bits per heavy atom. The third-order valence-corrected chi connectivity index (χ3v) is 4.55. The van der Waals surface area contributed by atoms with Crippen molar-refractivity contribution in [1.82, 2.24) is 10.2 Å². The molecule has 126 valence electrons. The fourth-order valence-corrected chi connectivity index (χ4v) is 3.05. The van der Waals surface area contributed by atoms with Gasteiger partial charge in [0, 0.05) is 25.6 Å². The zero-order valence-corrected chi connectivity index (χ0v) is 14.4. The average molecular weight is 316 g/mol. The van der Waals surface area contributed by atoms with E-state index in [1.165, 1.54) is 5.56 Å². The Bertz CT molecular complexity index is 527. The lowest BCUT2D eigenvalue weighted by molar-refractivity contribution is -0.138. The number of nitrogens with zero attached hydrogens (tertiary/aromatic N) is 1. The monoisotopic (exact) mass is 316 g/mol. The molecule has 4 nitrogen and oxygen atoms in total. The van der Waals surface area contributed by atoms with Crippen molar-refractivity contribution in [3.05, 3.63) is 35.9 Å². The molecule has 23 heavy (non-hydrogen) atoms. The summed E-state index contributed by atoms with van der Waals surface area (Å²) >= 11 is 0. The van der Waals surface area contributed by atoms with E-state index in [1.807, 2.05) is 36.9 Å². The fraction of sp³-hybridized carbons (Fsp3) is 0.579. The first-order chi connectivity index (χ1) is 11.0. The summed E-state index contributed by atoms with van der Waals surface area (Å²) in [5.41, 5.74) is 1.23. The van der Waals surface area contributed by atoms with E-state index in [4.69, 9.17) is 0 Å². The maximum absolute atomic E-state index is 12.4. The summed E-state index contributed by atoms with van der Waals surface area (Å²) in [6, 6.07) is 10.2. The SMILES string of the molecule is CC(C)C(=O)N1CCCC(C(=O)NCC(C)c2ccccc2)C1. The molecule has 2 atom stereocenters. The first-order valence-electron chi connectivity index (χ1n) is 8.60. The summed E-state index contributed by atoms with van der Waals surface area (Å²) in [4.78, 5) is 26.4. The minimum atomic E-state index is -0.0746. The van der Waals surface area contributed by atoms with Gasteiger partial charge in [-0.3, -0.25) is 9.59 Å². The van der Waals surface area contributed by atoms with Crippen molar-refractivity contribution >= 4 is 11.8 Å². The van der Waals surface area contributed by atoms with Crippen molar-refractivity contribution in [1.29, 1.82) is 0 Å².